The molecule has 1 amide bonds. The van der Waals surface area contributed by atoms with Gasteiger partial charge in [-0.1, -0.05) is 60.0 Å². The number of halogens is 1. The summed E-state index contributed by atoms with van der Waals surface area (Å²) < 4.78 is 0. The zero-order valence-corrected chi connectivity index (χ0v) is 15.4. The molecule has 1 fully saturated rings. The van der Waals surface area contributed by atoms with E-state index < -0.39 is 0 Å². The molecule has 1 N–H and O–H groups in total. The third-order valence-corrected chi connectivity index (χ3v) is 5.20. The van der Waals surface area contributed by atoms with Crippen LogP contribution in [0, 0.1) is 6.92 Å². The van der Waals surface area contributed by atoms with Gasteiger partial charge >= 0.3 is 0 Å². The Morgan fingerprint density at radius 3 is 2.44 bits per heavy atom. The molecule has 0 aliphatic carbocycles. The lowest BCUT2D eigenvalue weighted by atomic mass is 10.0. The van der Waals surface area contributed by atoms with Gasteiger partial charge in [0.1, 0.15) is 0 Å². The Bertz CT molecular complexity index is 708. The van der Waals surface area contributed by atoms with Gasteiger partial charge < -0.3 is 5.32 Å². The maximum Gasteiger partial charge on any atom is 0.252 e. The first kappa shape index (κ1) is 18.0. The number of rotatable bonds is 5. The van der Waals surface area contributed by atoms with Crippen LogP contribution in [-0.2, 0) is 0 Å². The van der Waals surface area contributed by atoms with Gasteiger partial charge in [-0.3, -0.25) is 9.69 Å². The molecule has 132 valence electrons. The molecule has 1 aliphatic heterocycles. The van der Waals surface area contributed by atoms with E-state index in [9.17, 15) is 4.79 Å². The molecular formula is C21H25ClN2O. The summed E-state index contributed by atoms with van der Waals surface area (Å²) in [4.78, 5) is 15.0. The van der Waals surface area contributed by atoms with Crippen molar-refractivity contribution in [2.24, 2.45) is 0 Å². The maximum atomic E-state index is 12.5. The van der Waals surface area contributed by atoms with E-state index in [2.05, 4.69) is 41.4 Å². The van der Waals surface area contributed by atoms with Crippen molar-refractivity contribution < 1.29 is 4.79 Å². The van der Waals surface area contributed by atoms with E-state index in [4.69, 9.17) is 11.6 Å². The van der Waals surface area contributed by atoms with Crippen molar-refractivity contribution in [2.45, 2.75) is 32.2 Å². The van der Waals surface area contributed by atoms with Gasteiger partial charge in [0.2, 0.25) is 0 Å². The molecular weight excluding hydrogens is 332 g/mol. The van der Waals surface area contributed by atoms with Crippen LogP contribution in [0.15, 0.2) is 48.5 Å². The number of hydrogen-bond donors (Lipinski definition) is 1. The first-order chi connectivity index (χ1) is 12.1. The van der Waals surface area contributed by atoms with E-state index in [1.54, 1.807) is 12.1 Å². The van der Waals surface area contributed by atoms with E-state index >= 15 is 0 Å². The van der Waals surface area contributed by atoms with Crippen LogP contribution in [0.2, 0.25) is 5.02 Å². The molecule has 4 heteroatoms. The SMILES string of the molecule is Cc1ccc([C@H](CNC(=O)c2ccccc2Cl)N2CCCCC2)cc1. The maximum absolute atomic E-state index is 12.5. The Kier molecular flexibility index (Phi) is 6.11. The monoisotopic (exact) mass is 356 g/mol. The van der Waals surface area contributed by atoms with Crippen LogP contribution in [0.25, 0.3) is 0 Å². The van der Waals surface area contributed by atoms with Crippen LogP contribution in [0.1, 0.15) is 46.8 Å². The summed E-state index contributed by atoms with van der Waals surface area (Å²) in [6.07, 6.45) is 3.74. The van der Waals surface area contributed by atoms with Crippen LogP contribution >= 0.6 is 11.6 Å². The normalized spacial score (nSPS) is 16.4. The van der Waals surface area contributed by atoms with Crippen molar-refractivity contribution >= 4 is 17.5 Å². The van der Waals surface area contributed by atoms with Crippen molar-refractivity contribution in [3.63, 3.8) is 0 Å². The summed E-state index contributed by atoms with van der Waals surface area (Å²) >= 11 is 6.15. The second kappa shape index (κ2) is 8.50. The molecule has 0 aromatic heterocycles. The number of nitrogens with zero attached hydrogens (tertiary/aromatic N) is 1. The van der Waals surface area contributed by atoms with Gasteiger partial charge in [-0.15, -0.1) is 0 Å². The minimum atomic E-state index is -0.111. The number of aryl methyl sites for hydroxylation is 1. The molecule has 1 atom stereocenters. The fourth-order valence-electron chi connectivity index (χ4n) is 3.41. The van der Waals surface area contributed by atoms with Crippen LogP contribution in [0.3, 0.4) is 0 Å². The Morgan fingerprint density at radius 2 is 1.76 bits per heavy atom. The molecule has 0 radical (unpaired) electrons. The van der Waals surface area contributed by atoms with Gasteiger partial charge in [-0.2, -0.15) is 0 Å². The van der Waals surface area contributed by atoms with Crippen molar-refractivity contribution in [1.82, 2.24) is 10.2 Å². The number of amides is 1. The van der Waals surface area contributed by atoms with Gasteiger partial charge in [-0.25, -0.2) is 0 Å². The number of likely N-dealkylation sites (tertiary alicyclic amines) is 1. The van der Waals surface area contributed by atoms with Crippen LogP contribution < -0.4 is 5.32 Å². The lowest BCUT2D eigenvalue weighted by Crippen LogP contribution is -2.40. The van der Waals surface area contributed by atoms with E-state index in [1.807, 2.05) is 12.1 Å². The zero-order chi connectivity index (χ0) is 17.6. The third kappa shape index (κ3) is 4.62. The van der Waals surface area contributed by atoms with Gasteiger partial charge in [0.05, 0.1) is 16.6 Å². The molecule has 1 saturated heterocycles. The topological polar surface area (TPSA) is 32.3 Å². The molecule has 0 spiro atoms. The fourth-order valence-corrected chi connectivity index (χ4v) is 3.63. The standard InChI is InChI=1S/C21H25ClN2O/c1-16-9-11-17(12-10-16)20(24-13-5-2-6-14-24)15-23-21(25)18-7-3-4-8-19(18)22/h3-4,7-12,20H,2,5-6,13-15H2,1H3,(H,23,25)/t20-/m0/s1. The van der Waals surface area contributed by atoms with E-state index in [-0.39, 0.29) is 11.9 Å². The van der Waals surface area contributed by atoms with Gasteiger partial charge in [0.25, 0.3) is 5.91 Å². The Hall–Kier alpha value is -1.84. The summed E-state index contributed by atoms with van der Waals surface area (Å²) in [5.74, 6) is -0.111. The van der Waals surface area contributed by atoms with Gasteiger partial charge in [0.15, 0.2) is 0 Å². The van der Waals surface area contributed by atoms with E-state index in [0.717, 1.165) is 13.1 Å². The molecule has 0 bridgehead atoms. The predicted molar refractivity (Wildman–Crippen MR) is 103 cm³/mol. The molecule has 2 aromatic carbocycles. The molecule has 3 rings (SSSR count). The van der Waals surface area contributed by atoms with Crippen LogP contribution in [0.4, 0.5) is 0 Å². The number of benzene rings is 2. The van der Waals surface area contributed by atoms with Gasteiger partial charge in [0, 0.05) is 6.54 Å². The second-order valence-electron chi connectivity index (χ2n) is 6.71. The quantitative estimate of drug-likeness (QED) is 0.848. The number of nitrogens with one attached hydrogen (secondary N) is 1. The molecule has 25 heavy (non-hydrogen) atoms. The Morgan fingerprint density at radius 1 is 1.08 bits per heavy atom. The second-order valence-corrected chi connectivity index (χ2v) is 7.12. The zero-order valence-electron chi connectivity index (χ0n) is 14.7. The van der Waals surface area contributed by atoms with Crippen molar-refractivity contribution in [3.8, 4) is 0 Å². The highest BCUT2D eigenvalue weighted by Crippen LogP contribution is 2.25. The van der Waals surface area contributed by atoms with E-state index in [1.165, 1.54) is 30.4 Å². The highest BCUT2D eigenvalue weighted by molar-refractivity contribution is 6.33. The molecule has 1 aliphatic rings. The molecule has 3 nitrogen and oxygen atoms in total. The minimum absolute atomic E-state index is 0.111. The van der Waals surface area contributed by atoms with E-state index in [0.29, 0.717) is 17.1 Å². The lowest BCUT2D eigenvalue weighted by Gasteiger charge is -2.35. The Balaban J connectivity index is 1.74. The third-order valence-electron chi connectivity index (χ3n) is 4.87. The number of carbonyl (C=O) groups is 1. The average molecular weight is 357 g/mol. The Labute approximate surface area is 155 Å². The smallest absolute Gasteiger partial charge is 0.252 e. The molecule has 1 heterocycles. The summed E-state index contributed by atoms with van der Waals surface area (Å²) in [7, 11) is 0. The summed E-state index contributed by atoms with van der Waals surface area (Å²) in [5, 5.41) is 3.58. The lowest BCUT2D eigenvalue weighted by molar-refractivity contribution is 0.0924. The molecule has 2 aromatic rings. The van der Waals surface area contributed by atoms with Crippen molar-refractivity contribution in [1.29, 1.82) is 0 Å². The first-order valence-corrected chi connectivity index (χ1v) is 9.36. The van der Waals surface area contributed by atoms with Crippen LogP contribution in [-0.4, -0.2) is 30.4 Å². The number of hydrogen-bond acceptors (Lipinski definition) is 2. The van der Waals surface area contributed by atoms with Crippen LogP contribution in [0.5, 0.6) is 0 Å². The average Bonchev–Trinajstić information content (AvgIpc) is 2.64. The molecule has 0 saturated carbocycles. The van der Waals surface area contributed by atoms with Gasteiger partial charge in [-0.05, 0) is 50.6 Å². The summed E-state index contributed by atoms with van der Waals surface area (Å²) in [6, 6.07) is 16.0. The largest absolute Gasteiger partial charge is 0.350 e. The molecule has 0 unspecified atom stereocenters. The highest BCUT2D eigenvalue weighted by Gasteiger charge is 2.23. The summed E-state index contributed by atoms with van der Waals surface area (Å²) in [5.41, 5.74) is 3.04. The highest BCUT2D eigenvalue weighted by atomic mass is 35.5. The number of piperidine rings is 1. The predicted octanol–water partition coefficient (Wildman–Crippen LogP) is 4.61. The van der Waals surface area contributed by atoms with Crippen molar-refractivity contribution in [3.05, 3.63) is 70.2 Å². The summed E-state index contributed by atoms with van der Waals surface area (Å²) in [6.45, 7) is 4.85. The fraction of sp³-hybridized carbons (Fsp3) is 0.381. The van der Waals surface area contributed by atoms with Crippen molar-refractivity contribution in [2.75, 3.05) is 19.6 Å². The minimum Gasteiger partial charge on any atom is -0.350 e. The first-order valence-electron chi connectivity index (χ1n) is 8.98. The number of carbonyl (C=O) groups excluding carboxylic acids is 1.